The van der Waals surface area contributed by atoms with Gasteiger partial charge in [-0.2, -0.15) is 0 Å². The summed E-state index contributed by atoms with van der Waals surface area (Å²) in [4.78, 5) is 20.8. The van der Waals surface area contributed by atoms with Gasteiger partial charge in [-0.15, -0.1) is 0 Å². The molecular weight excluding hydrogens is 348 g/mol. The molecule has 0 atom stereocenters. The summed E-state index contributed by atoms with van der Waals surface area (Å²) >= 11 is 0. The third-order valence-electron chi connectivity index (χ3n) is 5.20. The lowest BCUT2D eigenvalue weighted by molar-refractivity contribution is 0.710. The summed E-state index contributed by atoms with van der Waals surface area (Å²) in [7, 11) is 0. The van der Waals surface area contributed by atoms with E-state index in [9.17, 15) is 0 Å². The largest absolute Gasteiger partial charge is 0.336 e. The number of anilines is 1. The predicted octanol–water partition coefficient (Wildman–Crippen LogP) is 3.11. The summed E-state index contributed by atoms with van der Waals surface area (Å²) in [5, 5.41) is 0.942. The monoisotopic (exact) mass is 368 g/mol. The average molecular weight is 368 g/mol. The van der Waals surface area contributed by atoms with Crippen LogP contribution in [-0.2, 0) is 19.5 Å². The van der Waals surface area contributed by atoms with Gasteiger partial charge in [0.15, 0.2) is 0 Å². The molecule has 6 nitrogen and oxygen atoms in total. The summed E-state index contributed by atoms with van der Waals surface area (Å²) < 4.78 is 0. The minimum absolute atomic E-state index is 0.468. The molecule has 0 unspecified atom stereocenters. The van der Waals surface area contributed by atoms with Crippen molar-refractivity contribution >= 4 is 16.9 Å². The Labute approximate surface area is 163 Å². The van der Waals surface area contributed by atoms with E-state index in [4.69, 9.17) is 15.7 Å². The van der Waals surface area contributed by atoms with Crippen molar-refractivity contribution in [3.05, 3.63) is 77.7 Å². The van der Waals surface area contributed by atoms with Crippen molar-refractivity contribution in [1.82, 2.24) is 19.9 Å². The van der Waals surface area contributed by atoms with Gasteiger partial charge in [-0.05, 0) is 41.3 Å². The van der Waals surface area contributed by atoms with Gasteiger partial charge >= 0.3 is 0 Å². The van der Waals surface area contributed by atoms with Crippen molar-refractivity contribution in [2.45, 2.75) is 19.5 Å². The molecule has 0 saturated heterocycles. The van der Waals surface area contributed by atoms with Crippen molar-refractivity contribution in [3.8, 4) is 11.4 Å². The van der Waals surface area contributed by atoms with Crippen LogP contribution in [-0.4, -0.2) is 26.5 Å². The van der Waals surface area contributed by atoms with Gasteiger partial charge in [-0.3, -0.25) is 9.97 Å². The van der Waals surface area contributed by atoms with Gasteiger partial charge in [-0.25, -0.2) is 9.97 Å². The van der Waals surface area contributed by atoms with Gasteiger partial charge in [0, 0.05) is 37.4 Å². The molecule has 0 spiro atoms. The number of hydrogen-bond acceptors (Lipinski definition) is 6. The smallest absolute Gasteiger partial charge is 0.226 e. The van der Waals surface area contributed by atoms with E-state index < -0.39 is 0 Å². The molecule has 1 aliphatic heterocycles. The number of pyridine rings is 2. The van der Waals surface area contributed by atoms with Gasteiger partial charge in [0.1, 0.15) is 5.69 Å². The van der Waals surface area contributed by atoms with Crippen LogP contribution in [0.4, 0.5) is 5.95 Å². The molecule has 0 aliphatic carbocycles. The maximum Gasteiger partial charge on any atom is 0.226 e. The fraction of sp³-hybridized carbons (Fsp3) is 0.182. The van der Waals surface area contributed by atoms with Gasteiger partial charge < -0.3 is 10.6 Å². The van der Waals surface area contributed by atoms with Crippen LogP contribution in [0.3, 0.4) is 0 Å². The molecule has 2 N–H and O–H groups in total. The van der Waals surface area contributed by atoms with Crippen molar-refractivity contribution < 1.29 is 0 Å². The molecule has 0 fully saturated rings. The topological polar surface area (TPSA) is 80.8 Å². The fourth-order valence-corrected chi connectivity index (χ4v) is 3.70. The van der Waals surface area contributed by atoms with E-state index in [-0.39, 0.29) is 0 Å². The molecule has 5 rings (SSSR count). The zero-order chi connectivity index (χ0) is 18.9. The highest BCUT2D eigenvalue weighted by Gasteiger charge is 2.20. The first-order valence-electron chi connectivity index (χ1n) is 9.40. The normalized spacial score (nSPS) is 13.5. The highest BCUT2D eigenvalue weighted by Crippen LogP contribution is 2.29. The molecule has 138 valence electrons. The third kappa shape index (κ3) is 2.97. The molecule has 4 heterocycles. The Morgan fingerprint density at radius 1 is 1.00 bits per heavy atom. The molecule has 1 aliphatic rings. The zero-order valence-corrected chi connectivity index (χ0v) is 15.4. The Bertz CT molecular complexity index is 1160. The first-order valence-corrected chi connectivity index (χ1v) is 9.40. The molecular formula is C22H20N6. The number of nitrogens with two attached hydrogens (primary N) is 1. The van der Waals surface area contributed by atoms with Crippen molar-refractivity contribution in [2.75, 3.05) is 11.4 Å². The summed E-state index contributed by atoms with van der Waals surface area (Å²) in [5.41, 5.74) is 12.0. The Morgan fingerprint density at radius 2 is 1.89 bits per heavy atom. The lowest BCUT2D eigenvalue weighted by atomic mass is 10.0. The van der Waals surface area contributed by atoms with Crippen molar-refractivity contribution in [1.29, 1.82) is 0 Å². The number of hydrogen-bond donors (Lipinski definition) is 1. The van der Waals surface area contributed by atoms with Gasteiger partial charge in [0.2, 0.25) is 5.95 Å². The van der Waals surface area contributed by atoms with Crippen LogP contribution >= 0.6 is 0 Å². The Kier molecular flexibility index (Phi) is 4.18. The Hall–Kier alpha value is -3.38. The molecule has 3 aromatic heterocycles. The lowest BCUT2D eigenvalue weighted by Gasteiger charge is -2.29. The SMILES string of the molecule is NCc1ccnc(-c2nc(N3CCc4ccccc4C3)nc3cnccc23)c1. The number of rotatable bonds is 3. The van der Waals surface area contributed by atoms with Gasteiger partial charge in [0.25, 0.3) is 0 Å². The molecule has 0 amide bonds. The van der Waals surface area contributed by atoms with E-state index in [0.29, 0.717) is 12.5 Å². The average Bonchev–Trinajstić information content (AvgIpc) is 2.78. The van der Waals surface area contributed by atoms with E-state index in [1.54, 1.807) is 18.6 Å². The molecule has 28 heavy (non-hydrogen) atoms. The van der Waals surface area contributed by atoms with E-state index in [1.807, 2.05) is 18.2 Å². The molecule has 0 radical (unpaired) electrons. The van der Waals surface area contributed by atoms with Crippen LogP contribution in [0.25, 0.3) is 22.3 Å². The second kappa shape index (κ2) is 6.98. The fourth-order valence-electron chi connectivity index (χ4n) is 3.70. The number of benzene rings is 1. The molecule has 0 bridgehead atoms. The predicted molar refractivity (Wildman–Crippen MR) is 110 cm³/mol. The molecule has 1 aromatic carbocycles. The second-order valence-electron chi connectivity index (χ2n) is 6.96. The van der Waals surface area contributed by atoms with Crippen LogP contribution in [0.1, 0.15) is 16.7 Å². The highest BCUT2D eigenvalue weighted by atomic mass is 15.3. The Balaban J connectivity index is 1.63. The van der Waals surface area contributed by atoms with E-state index in [0.717, 1.165) is 47.4 Å². The number of fused-ring (bicyclic) bond motifs is 2. The summed E-state index contributed by atoms with van der Waals surface area (Å²) in [6, 6.07) is 14.4. The summed E-state index contributed by atoms with van der Waals surface area (Å²) in [5.74, 6) is 0.713. The maximum absolute atomic E-state index is 5.82. The summed E-state index contributed by atoms with van der Waals surface area (Å²) in [6.45, 7) is 2.16. The van der Waals surface area contributed by atoms with Crippen LogP contribution in [0, 0.1) is 0 Å². The summed E-state index contributed by atoms with van der Waals surface area (Å²) in [6.07, 6.45) is 6.32. The molecule has 0 saturated carbocycles. The van der Waals surface area contributed by atoms with Crippen LogP contribution < -0.4 is 10.6 Å². The van der Waals surface area contributed by atoms with Crippen molar-refractivity contribution in [2.24, 2.45) is 5.73 Å². The quantitative estimate of drug-likeness (QED) is 0.598. The first-order chi connectivity index (χ1) is 13.8. The minimum atomic E-state index is 0.468. The maximum atomic E-state index is 5.82. The first kappa shape index (κ1) is 16.8. The van der Waals surface area contributed by atoms with E-state index in [2.05, 4.69) is 39.1 Å². The number of aromatic nitrogens is 4. The van der Waals surface area contributed by atoms with E-state index >= 15 is 0 Å². The van der Waals surface area contributed by atoms with Crippen molar-refractivity contribution in [3.63, 3.8) is 0 Å². The Morgan fingerprint density at radius 3 is 2.79 bits per heavy atom. The molecule has 4 aromatic rings. The van der Waals surface area contributed by atoms with E-state index in [1.165, 1.54) is 11.1 Å². The molecule has 6 heteroatoms. The van der Waals surface area contributed by atoms with Crippen LogP contribution in [0.15, 0.2) is 61.1 Å². The van der Waals surface area contributed by atoms with Crippen LogP contribution in [0.5, 0.6) is 0 Å². The third-order valence-corrected chi connectivity index (χ3v) is 5.20. The highest BCUT2D eigenvalue weighted by molar-refractivity contribution is 5.91. The van der Waals surface area contributed by atoms with Gasteiger partial charge in [-0.1, -0.05) is 24.3 Å². The zero-order valence-electron chi connectivity index (χ0n) is 15.4. The second-order valence-corrected chi connectivity index (χ2v) is 6.96. The lowest BCUT2D eigenvalue weighted by Crippen LogP contribution is -2.31. The standard InChI is InChI=1S/C22H20N6/c23-12-15-5-9-25-19(11-15)21-18-6-8-24-13-20(18)26-22(27-21)28-10-7-16-3-1-2-4-17(16)14-28/h1-6,8-9,11,13H,7,10,12,14,23H2. The number of nitrogens with zero attached hydrogens (tertiary/aromatic N) is 5. The van der Waals surface area contributed by atoms with Gasteiger partial charge in [0.05, 0.1) is 17.4 Å². The van der Waals surface area contributed by atoms with Crippen LogP contribution in [0.2, 0.25) is 0 Å². The minimum Gasteiger partial charge on any atom is -0.336 e.